The molecule has 3 aromatic rings. The van der Waals surface area contributed by atoms with Gasteiger partial charge < -0.3 is 10.1 Å². The quantitative estimate of drug-likeness (QED) is 0.367. The minimum absolute atomic E-state index is 0.239. The number of carbonyl (C=O) groups excluding carboxylic acids is 1. The molecule has 6 heteroatoms. The molecule has 3 aromatic carbocycles. The molecule has 1 amide bonds. The molecule has 142 valence electrons. The number of amides is 1. The van der Waals surface area contributed by atoms with Crippen LogP contribution in [0.3, 0.4) is 0 Å². The summed E-state index contributed by atoms with van der Waals surface area (Å²) in [4.78, 5) is 12.2. The summed E-state index contributed by atoms with van der Waals surface area (Å²) in [6.07, 6.45) is 0.857. The van der Waals surface area contributed by atoms with Crippen LogP contribution in [0.5, 0.6) is 5.75 Å². The first-order valence-electron chi connectivity index (χ1n) is 8.75. The van der Waals surface area contributed by atoms with Crippen molar-refractivity contribution in [2.24, 2.45) is 0 Å². The molecule has 0 heterocycles. The zero-order valence-corrected chi connectivity index (χ0v) is 18.0. The van der Waals surface area contributed by atoms with Crippen LogP contribution >= 0.6 is 34.8 Å². The number of anilines is 1. The van der Waals surface area contributed by atoms with Gasteiger partial charge in [-0.3, -0.25) is 10.1 Å². The molecule has 0 aromatic heterocycles. The monoisotopic (exact) mass is 502 g/mol. The van der Waals surface area contributed by atoms with Crippen molar-refractivity contribution in [1.82, 2.24) is 5.32 Å². The molecule has 0 aliphatic rings. The summed E-state index contributed by atoms with van der Waals surface area (Å²) in [5.41, 5.74) is 2.59. The van der Waals surface area contributed by atoms with Crippen LogP contribution in [-0.4, -0.2) is 17.6 Å². The second-order valence-electron chi connectivity index (χ2n) is 6.03. The maximum absolute atomic E-state index is 12.2. The van der Waals surface area contributed by atoms with Gasteiger partial charge in [-0.05, 0) is 82.8 Å². The molecule has 0 bridgehead atoms. The number of thiocarbonyl (C=S) groups is 1. The van der Waals surface area contributed by atoms with Crippen molar-refractivity contribution < 1.29 is 9.53 Å². The highest BCUT2D eigenvalue weighted by Crippen LogP contribution is 2.16. The van der Waals surface area contributed by atoms with Gasteiger partial charge in [0.1, 0.15) is 5.75 Å². The summed E-state index contributed by atoms with van der Waals surface area (Å²) in [5.74, 6) is 0.548. The first kappa shape index (κ1) is 20.3. The molecular formula is C22H19IN2O2S. The van der Waals surface area contributed by atoms with Crippen molar-refractivity contribution in [2.45, 2.75) is 6.42 Å². The molecule has 0 unspecified atom stereocenters. The Balaban J connectivity index is 1.47. The Bertz CT molecular complexity index is 946. The van der Waals surface area contributed by atoms with E-state index in [1.807, 2.05) is 54.6 Å². The van der Waals surface area contributed by atoms with Crippen LogP contribution < -0.4 is 15.4 Å². The van der Waals surface area contributed by atoms with E-state index in [2.05, 4.69) is 45.4 Å². The molecule has 0 aliphatic carbocycles. The Morgan fingerprint density at radius 1 is 0.964 bits per heavy atom. The Hall–Kier alpha value is -2.45. The molecule has 0 fully saturated rings. The van der Waals surface area contributed by atoms with Crippen molar-refractivity contribution >= 4 is 51.5 Å². The second kappa shape index (κ2) is 10.2. The fourth-order valence-electron chi connectivity index (χ4n) is 2.53. The topological polar surface area (TPSA) is 50.4 Å². The molecule has 0 radical (unpaired) electrons. The van der Waals surface area contributed by atoms with Crippen LogP contribution in [0.1, 0.15) is 15.9 Å². The lowest BCUT2D eigenvalue weighted by molar-refractivity contribution is 0.0977. The van der Waals surface area contributed by atoms with Crippen LogP contribution in [-0.2, 0) is 6.42 Å². The van der Waals surface area contributed by atoms with Crippen LogP contribution in [0, 0.1) is 3.57 Å². The van der Waals surface area contributed by atoms with Crippen molar-refractivity contribution in [3.8, 4) is 5.75 Å². The summed E-state index contributed by atoms with van der Waals surface area (Å²) in [6.45, 7) is 0.612. The van der Waals surface area contributed by atoms with Crippen LogP contribution in [0.15, 0.2) is 78.9 Å². The lowest BCUT2D eigenvalue weighted by Crippen LogP contribution is -2.34. The minimum atomic E-state index is -0.239. The molecule has 3 rings (SSSR count). The number of nitrogens with one attached hydrogen (secondary N) is 2. The molecule has 28 heavy (non-hydrogen) atoms. The lowest BCUT2D eigenvalue weighted by Gasteiger charge is -2.11. The number of hydrogen-bond donors (Lipinski definition) is 2. The Labute approximate surface area is 183 Å². The largest absolute Gasteiger partial charge is 0.493 e. The number of benzene rings is 3. The first-order valence-corrected chi connectivity index (χ1v) is 10.2. The lowest BCUT2D eigenvalue weighted by atomic mass is 10.2. The Morgan fingerprint density at radius 3 is 2.43 bits per heavy atom. The Kier molecular flexibility index (Phi) is 7.39. The van der Waals surface area contributed by atoms with Gasteiger partial charge >= 0.3 is 0 Å². The summed E-state index contributed by atoms with van der Waals surface area (Å²) >= 11 is 7.39. The first-order chi connectivity index (χ1) is 13.6. The molecule has 0 aliphatic heterocycles. The maximum atomic E-state index is 12.2. The third kappa shape index (κ3) is 6.31. The van der Waals surface area contributed by atoms with Crippen LogP contribution in [0.4, 0.5) is 5.69 Å². The Morgan fingerprint density at radius 2 is 1.71 bits per heavy atom. The summed E-state index contributed by atoms with van der Waals surface area (Å²) < 4.78 is 6.76. The predicted octanol–water partition coefficient (Wildman–Crippen LogP) is 5.04. The zero-order valence-electron chi connectivity index (χ0n) is 15.0. The third-order valence-corrected chi connectivity index (χ3v) is 4.80. The van der Waals surface area contributed by atoms with E-state index in [0.717, 1.165) is 21.4 Å². The molecular weight excluding hydrogens is 483 g/mol. The number of halogens is 1. The van der Waals surface area contributed by atoms with Gasteiger partial charge in [-0.25, -0.2) is 0 Å². The van der Waals surface area contributed by atoms with E-state index >= 15 is 0 Å². The van der Waals surface area contributed by atoms with E-state index in [1.54, 1.807) is 12.1 Å². The van der Waals surface area contributed by atoms with E-state index in [4.69, 9.17) is 17.0 Å². The van der Waals surface area contributed by atoms with Gasteiger partial charge in [-0.1, -0.05) is 36.4 Å². The fraction of sp³-hybridized carbons (Fsp3) is 0.0909. The van der Waals surface area contributed by atoms with Crippen LogP contribution in [0.2, 0.25) is 0 Å². The number of ether oxygens (including phenoxy) is 1. The molecule has 0 atom stereocenters. The standard InChI is InChI=1S/C22H19IN2O2S/c23-18-8-4-7-17(15-18)21(26)25-22(28)24-19-9-11-20(12-10-19)27-14-13-16-5-2-1-3-6-16/h1-12,15H,13-14H2,(H2,24,25,26,28). The number of hydrogen-bond acceptors (Lipinski definition) is 3. The zero-order chi connectivity index (χ0) is 19.8. The second-order valence-corrected chi connectivity index (χ2v) is 7.68. The van der Waals surface area contributed by atoms with Crippen LogP contribution in [0.25, 0.3) is 0 Å². The SMILES string of the molecule is O=C(NC(=S)Nc1ccc(OCCc2ccccc2)cc1)c1cccc(I)c1. The van der Waals surface area contributed by atoms with Gasteiger partial charge in [-0.2, -0.15) is 0 Å². The van der Waals surface area contributed by atoms with E-state index in [9.17, 15) is 4.79 Å². The van der Waals surface area contributed by atoms with E-state index in [1.165, 1.54) is 5.56 Å². The van der Waals surface area contributed by atoms with Gasteiger partial charge in [0.15, 0.2) is 5.11 Å². The minimum Gasteiger partial charge on any atom is -0.493 e. The summed E-state index contributed by atoms with van der Waals surface area (Å²) in [6, 6.07) is 25.0. The van der Waals surface area contributed by atoms with Crippen molar-refractivity contribution in [2.75, 3.05) is 11.9 Å². The average molecular weight is 502 g/mol. The van der Waals surface area contributed by atoms with E-state index in [-0.39, 0.29) is 11.0 Å². The molecule has 4 nitrogen and oxygen atoms in total. The highest BCUT2D eigenvalue weighted by molar-refractivity contribution is 14.1. The van der Waals surface area contributed by atoms with Gasteiger partial charge in [-0.15, -0.1) is 0 Å². The fourth-order valence-corrected chi connectivity index (χ4v) is 3.29. The third-order valence-electron chi connectivity index (χ3n) is 3.93. The number of rotatable bonds is 6. The molecule has 0 spiro atoms. The molecule has 0 saturated carbocycles. The van der Waals surface area contributed by atoms with Gasteiger partial charge in [0.2, 0.25) is 0 Å². The van der Waals surface area contributed by atoms with E-state index < -0.39 is 0 Å². The predicted molar refractivity (Wildman–Crippen MR) is 125 cm³/mol. The average Bonchev–Trinajstić information content (AvgIpc) is 2.70. The van der Waals surface area contributed by atoms with Gasteiger partial charge in [0.25, 0.3) is 5.91 Å². The molecule has 0 saturated heterocycles. The number of carbonyl (C=O) groups is 1. The van der Waals surface area contributed by atoms with Crippen molar-refractivity contribution in [1.29, 1.82) is 0 Å². The van der Waals surface area contributed by atoms with Gasteiger partial charge in [0.05, 0.1) is 6.61 Å². The summed E-state index contributed by atoms with van der Waals surface area (Å²) in [7, 11) is 0. The normalized spacial score (nSPS) is 10.2. The van der Waals surface area contributed by atoms with E-state index in [0.29, 0.717) is 12.2 Å². The van der Waals surface area contributed by atoms with Crippen molar-refractivity contribution in [3.63, 3.8) is 0 Å². The highest BCUT2D eigenvalue weighted by atomic mass is 127. The summed E-state index contributed by atoms with van der Waals surface area (Å²) in [5, 5.41) is 5.95. The smallest absolute Gasteiger partial charge is 0.257 e. The van der Waals surface area contributed by atoms with Crippen molar-refractivity contribution in [3.05, 3.63) is 93.6 Å². The molecule has 2 N–H and O–H groups in total. The highest BCUT2D eigenvalue weighted by Gasteiger charge is 2.08. The van der Waals surface area contributed by atoms with Gasteiger partial charge in [0, 0.05) is 21.2 Å². The maximum Gasteiger partial charge on any atom is 0.257 e.